The number of carbonyl (C=O) groups is 1. The molecule has 138 valence electrons. The summed E-state index contributed by atoms with van der Waals surface area (Å²) in [7, 11) is 0. The van der Waals surface area contributed by atoms with Gasteiger partial charge in [-0.05, 0) is 22.6 Å². The van der Waals surface area contributed by atoms with Crippen molar-refractivity contribution >= 4 is 22.6 Å². The average molecular weight is 367 g/mol. The van der Waals surface area contributed by atoms with E-state index in [4.69, 9.17) is 4.74 Å². The highest BCUT2D eigenvalue weighted by atomic mass is 16.6. The zero-order chi connectivity index (χ0) is 19.2. The molecule has 4 aromatic carbocycles. The van der Waals surface area contributed by atoms with Gasteiger partial charge >= 0.3 is 6.09 Å². The van der Waals surface area contributed by atoms with E-state index in [1.165, 1.54) is 0 Å². The highest BCUT2D eigenvalue weighted by Gasteiger charge is 2.20. The van der Waals surface area contributed by atoms with E-state index in [1.807, 2.05) is 91.0 Å². The topological polar surface area (TPSA) is 29.5 Å². The summed E-state index contributed by atoms with van der Waals surface area (Å²) in [4.78, 5) is 14.8. The summed E-state index contributed by atoms with van der Waals surface area (Å²) in [5.74, 6) is 0. The minimum atomic E-state index is -0.357. The van der Waals surface area contributed by atoms with E-state index in [0.29, 0.717) is 6.54 Å². The van der Waals surface area contributed by atoms with Crippen molar-refractivity contribution in [2.45, 2.75) is 13.2 Å². The zero-order valence-electron chi connectivity index (χ0n) is 15.5. The van der Waals surface area contributed by atoms with Crippen LogP contribution in [-0.4, -0.2) is 6.09 Å². The van der Waals surface area contributed by atoms with Gasteiger partial charge in [0, 0.05) is 5.39 Å². The van der Waals surface area contributed by atoms with Crippen LogP contribution in [0, 0.1) is 0 Å². The van der Waals surface area contributed by atoms with E-state index >= 15 is 0 Å². The molecule has 0 aliphatic carbocycles. The quantitative estimate of drug-likeness (QED) is 0.421. The van der Waals surface area contributed by atoms with Crippen molar-refractivity contribution in [3.05, 3.63) is 114 Å². The summed E-state index contributed by atoms with van der Waals surface area (Å²) >= 11 is 0. The van der Waals surface area contributed by atoms with Crippen molar-refractivity contribution in [2.75, 3.05) is 4.90 Å². The molecule has 1 amide bonds. The van der Waals surface area contributed by atoms with Crippen LogP contribution < -0.4 is 4.90 Å². The zero-order valence-corrected chi connectivity index (χ0v) is 15.5. The van der Waals surface area contributed by atoms with Gasteiger partial charge in [-0.25, -0.2) is 4.79 Å². The van der Waals surface area contributed by atoms with Gasteiger partial charge < -0.3 is 4.74 Å². The van der Waals surface area contributed by atoms with Gasteiger partial charge in [0.1, 0.15) is 6.61 Å². The summed E-state index contributed by atoms with van der Waals surface area (Å²) in [5, 5.41) is 2.12. The lowest BCUT2D eigenvalue weighted by molar-refractivity contribution is 0.146. The maximum Gasteiger partial charge on any atom is 0.414 e. The van der Waals surface area contributed by atoms with Gasteiger partial charge in [-0.3, -0.25) is 4.90 Å². The number of carbonyl (C=O) groups excluding carboxylic acids is 1. The third kappa shape index (κ3) is 4.04. The molecule has 0 unspecified atom stereocenters. The van der Waals surface area contributed by atoms with Crippen LogP contribution in [0.4, 0.5) is 10.5 Å². The average Bonchev–Trinajstić information content (AvgIpc) is 2.77. The van der Waals surface area contributed by atoms with Gasteiger partial charge in [-0.2, -0.15) is 0 Å². The van der Waals surface area contributed by atoms with Crippen LogP contribution in [0.3, 0.4) is 0 Å². The lowest BCUT2D eigenvalue weighted by Gasteiger charge is -2.24. The summed E-state index contributed by atoms with van der Waals surface area (Å²) in [5.41, 5.74) is 2.86. The Labute approximate surface area is 164 Å². The second-order valence-corrected chi connectivity index (χ2v) is 6.61. The molecule has 0 aliphatic rings. The first kappa shape index (κ1) is 17.8. The molecule has 0 heterocycles. The SMILES string of the molecule is O=C(OCc1ccccc1)N(Cc1ccccc1)c1cccc2ccccc12. The first-order chi connectivity index (χ1) is 13.8. The molecule has 0 fully saturated rings. The Bertz CT molecular complexity index is 1060. The summed E-state index contributed by atoms with van der Waals surface area (Å²) in [6.07, 6.45) is -0.357. The van der Waals surface area contributed by atoms with Crippen LogP contribution >= 0.6 is 0 Å². The molecule has 0 atom stereocenters. The van der Waals surface area contributed by atoms with Crippen LogP contribution in [0.15, 0.2) is 103 Å². The monoisotopic (exact) mass is 367 g/mol. The van der Waals surface area contributed by atoms with Crippen LogP contribution in [-0.2, 0) is 17.9 Å². The van der Waals surface area contributed by atoms with Crippen molar-refractivity contribution in [2.24, 2.45) is 0 Å². The molecule has 0 N–H and O–H groups in total. The smallest absolute Gasteiger partial charge is 0.414 e. The van der Waals surface area contributed by atoms with Crippen LogP contribution in [0.2, 0.25) is 0 Å². The van der Waals surface area contributed by atoms with E-state index in [0.717, 1.165) is 27.6 Å². The molecule has 0 saturated heterocycles. The fraction of sp³-hybridized carbons (Fsp3) is 0.0800. The fourth-order valence-corrected chi connectivity index (χ4v) is 3.25. The molecule has 28 heavy (non-hydrogen) atoms. The van der Waals surface area contributed by atoms with Crippen molar-refractivity contribution in [3.8, 4) is 0 Å². The molecule has 0 radical (unpaired) electrons. The predicted octanol–water partition coefficient (Wildman–Crippen LogP) is 6.18. The van der Waals surface area contributed by atoms with E-state index in [-0.39, 0.29) is 12.7 Å². The Morgan fingerprint density at radius 3 is 2.04 bits per heavy atom. The third-order valence-electron chi connectivity index (χ3n) is 4.67. The molecule has 3 heteroatoms. The van der Waals surface area contributed by atoms with Crippen molar-refractivity contribution in [3.63, 3.8) is 0 Å². The molecule has 0 spiro atoms. The Morgan fingerprint density at radius 2 is 1.29 bits per heavy atom. The van der Waals surface area contributed by atoms with Gasteiger partial charge in [0.05, 0.1) is 12.2 Å². The molecular formula is C25H21NO2. The number of benzene rings is 4. The second kappa shape index (κ2) is 8.40. The summed E-state index contributed by atoms with van der Waals surface area (Å²) < 4.78 is 5.65. The Kier molecular flexibility index (Phi) is 5.34. The molecule has 4 aromatic rings. The van der Waals surface area contributed by atoms with Gasteiger partial charge in [-0.15, -0.1) is 0 Å². The molecular weight excluding hydrogens is 346 g/mol. The maximum atomic E-state index is 13.1. The summed E-state index contributed by atoms with van der Waals surface area (Å²) in [6.45, 7) is 0.693. The Morgan fingerprint density at radius 1 is 0.679 bits per heavy atom. The van der Waals surface area contributed by atoms with E-state index in [1.54, 1.807) is 4.90 Å². The number of amides is 1. The van der Waals surface area contributed by atoms with Gasteiger partial charge in [0.2, 0.25) is 0 Å². The molecule has 4 rings (SSSR count). The molecule has 3 nitrogen and oxygen atoms in total. The highest BCUT2D eigenvalue weighted by molar-refractivity contribution is 6.01. The molecule has 0 aromatic heterocycles. The number of fused-ring (bicyclic) bond motifs is 1. The number of anilines is 1. The first-order valence-electron chi connectivity index (χ1n) is 9.31. The minimum absolute atomic E-state index is 0.246. The van der Waals surface area contributed by atoms with Gasteiger partial charge in [-0.1, -0.05) is 97.1 Å². The Hall–Kier alpha value is -3.59. The van der Waals surface area contributed by atoms with Crippen molar-refractivity contribution in [1.82, 2.24) is 0 Å². The van der Waals surface area contributed by atoms with Gasteiger partial charge in [0.25, 0.3) is 0 Å². The maximum absolute atomic E-state index is 13.1. The fourth-order valence-electron chi connectivity index (χ4n) is 3.25. The lowest BCUT2D eigenvalue weighted by Crippen LogP contribution is -2.31. The highest BCUT2D eigenvalue weighted by Crippen LogP contribution is 2.28. The molecule has 0 bridgehead atoms. The number of ether oxygens (including phenoxy) is 1. The minimum Gasteiger partial charge on any atom is -0.444 e. The standard InChI is InChI=1S/C25H21NO2/c27-25(28-19-21-12-5-2-6-13-21)26(18-20-10-3-1-4-11-20)24-17-9-15-22-14-7-8-16-23(22)24/h1-17H,18-19H2. The van der Waals surface area contributed by atoms with Gasteiger partial charge in [0.15, 0.2) is 0 Å². The predicted molar refractivity (Wildman–Crippen MR) is 113 cm³/mol. The number of nitrogens with zero attached hydrogens (tertiary/aromatic N) is 1. The second-order valence-electron chi connectivity index (χ2n) is 6.61. The van der Waals surface area contributed by atoms with Crippen LogP contribution in [0.5, 0.6) is 0 Å². The largest absolute Gasteiger partial charge is 0.444 e. The lowest BCUT2D eigenvalue weighted by atomic mass is 10.1. The number of rotatable bonds is 5. The van der Waals surface area contributed by atoms with E-state index < -0.39 is 0 Å². The molecule has 0 aliphatic heterocycles. The Balaban J connectivity index is 1.66. The van der Waals surface area contributed by atoms with E-state index in [2.05, 4.69) is 12.1 Å². The molecule has 0 saturated carbocycles. The van der Waals surface area contributed by atoms with Crippen molar-refractivity contribution < 1.29 is 9.53 Å². The third-order valence-corrected chi connectivity index (χ3v) is 4.67. The first-order valence-corrected chi connectivity index (χ1v) is 9.31. The van der Waals surface area contributed by atoms with E-state index in [9.17, 15) is 4.79 Å². The van der Waals surface area contributed by atoms with Crippen LogP contribution in [0.25, 0.3) is 10.8 Å². The number of hydrogen-bond acceptors (Lipinski definition) is 2. The number of hydrogen-bond donors (Lipinski definition) is 0. The van der Waals surface area contributed by atoms with Crippen molar-refractivity contribution in [1.29, 1.82) is 0 Å². The normalized spacial score (nSPS) is 10.6. The van der Waals surface area contributed by atoms with Crippen LogP contribution in [0.1, 0.15) is 11.1 Å². The summed E-state index contributed by atoms with van der Waals surface area (Å²) in [6, 6.07) is 33.8.